The van der Waals surface area contributed by atoms with Crippen molar-refractivity contribution >= 4 is 11.9 Å². The number of amides is 1. The molecule has 2 atom stereocenters. The Morgan fingerprint density at radius 2 is 2.00 bits per heavy atom. The molecule has 0 unspecified atom stereocenters. The standard InChI is InChI=1S/C17H23NO5/c1-5-23-16-9-12(6-7-15(16)21-3)13-8-14(17(20)22-4)18(10-13)11(2)19/h6-7,9,13-14H,5,8,10H2,1-4H3/t13-,14-/m1/s1. The van der Waals surface area contributed by atoms with Crippen LogP contribution in [-0.4, -0.2) is 50.2 Å². The average Bonchev–Trinajstić information content (AvgIpc) is 3.00. The van der Waals surface area contributed by atoms with Gasteiger partial charge in [-0.2, -0.15) is 0 Å². The molecule has 23 heavy (non-hydrogen) atoms. The Kier molecular flexibility index (Phi) is 5.47. The lowest BCUT2D eigenvalue weighted by molar-refractivity contribution is -0.150. The molecule has 6 nitrogen and oxygen atoms in total. The van der Waals surface area contributed by atoms with Gasteiger partial charge in [-0.25, -0.2) is 4.79 Å². The number of carbonyl (C=O) groups is 2. The molecule has 0 aliphatic carbocycles. The summed E-state index contributed by atoms with van der Waals surface area (Å²) in [5, 5.41) is 0. The predicted octanol–water partition coefficient (Wildman–Crippen LogP) is 1.97. The van der Waals surface area contributed by atoms with E-state index in [0.29, 0.717) is 31.1 Å². The first-order valence-corrected chi connectivity index (χ1v) is 7.67. The van der Waals surface area contributed by atoms with Crippen LogP contribution in [-0.2, 0) is 14.3 Å². The Hall–Kier alpha value is -2.24. The third kappa shape index (κ3) is 3.57. The summed E-state index contributed by atoms with van der Waals surface area (Å²) in [4.78, 5) is 25.3. The molecule has 1 amide bonds. The van der Waals surface area contributed by atoms with E-state index in [2.05, 4.69) is 0 Å². The normalized spacial score (nSPS) is 20.3. The molecular formula is C17H23NO5. The summed E-state index contributed by atoms with van der Waals surface area (Å²) in [5.41, 5.74) is 1.02. The van der Waals surface area contributed by atoms with Gasteiger partial charge in [0.25, 0.3) is 0 Å². The molecule has 1 aliphatic heterocycles. The number of rotatable bonds is 5. The molecule has 1 aromatic rings. The van der Waals surface area contributed by atoms with Gasteiger partial charge in [0, 0.05) is 19.4 Å². The highest BCUT2D eigenvalue weighted by atomic mass is 16.5. The second-order valence-corrected chi connectivity index (χ2v) is 5.49. The van der Waals surface area contributed by atoms with Crippen LogP contribution in [0.1, 0.15) is 31.7 Å². The van der Waals surface area contributed by atoms with E-state index < -0.39 is 6.04 Å². The summed E-state index contributed by atoms with van der Waals surface area (Å²) in [6.45, 7) is 4.41. The van der Waals surface area contributed by atoms with Gasteiger partial charge in [-0.1, -0.05) is 6.07 Å². The van der Waals surface area contributed by atoms with Gasteiger partial charge < -0.3 is 19.1 Å². The SMILES string of the molecule is CCOc1cc([C@@H]2C[C@H](C(=O)OC)N(C(C)=O)C2)ccc1OC. The highest BCUT2D eigenvalue weighted by molar-refractivity contribution is 5.84. The van der Waals surface area contributed by atoms with Gasteiger partial charge in [-0.15, -0.1) is 0 Å². The Bertz CT molecular complexity index is 586. The number of esters is 1. The lowest BCUT2D eigenvalue weighted by atomic mass is 9.96. The molecule has 0 saturated carbocycles. The summed E-state index contributed by atoms with van der Waals surface area (Å²) in [6, 6.07) is 5.19. The zero-order valence-corrected chi connectivity index (χ0v) is 14.0. The van der Waals surface area contributed by atoms with Crippen molar-refractivity contribution in [1.29, 1.82) is 0 Å². The molecule has 6 heteroatoms. The first kappa shape index (κ1) is 17.1. The van der Waals surface area contributed by atoms with Crippen molar-refractivity contribution in [3.05, 3.63) is 23.8 Å². The van der Waals surface area contributed by atoms with Crippen LogP contribution in [0.25, 0.3) is 0 Å². The van der Waals surface area contributed by atoms with Gasteiger partial charge >= 0.3 is 5.97 Å². The molecule has 126 valence electrons. The number of methoxy groups -OCH3 is 2. The van der Waals surface area contributed by atoms with Crippen molar-refractivity contribution in [3.8, 4) is 11.5 Å². The van der Waals surface area contributed by atoms with Gasteiger partial charge in [0.1, 0.15) is 6.04 Å². The maximum absolute atomic E-state index is 11.9. The molecular weight excluding hydrogens is 298 g/mol. The number of benzene rings is 1. The zero-order chi connectivity index (χ0) is 17.0. The van der Waals surface area contributed by atoms with Crippen LogP contribution in [0.15, 0.2) is 18.2 Å². The van der Waals surface area contributed by atoms with E-state index in [0.717, 1.165) is 5.56 Å². The summed E-state index contributed by atoms with van der Waals surface area (Å²) < 4.78 is 15.7. The molecule has 0 aromatic heterocycles. The number of ether oxygens (including phenoxy) is 3. The maximum atomic E-state index is 11.9. The fourth-order valence-corrected chi connectivity index (χ4v) is 3.00. The molecule has 0 bridgehead atoms. The number of carbonyl (C=O) groups excluding carboxylic acids is 2. The van der Waals surface area contributed by atoms with E-state index >= 15 is 0 Å². The minimum atomic E-state index is -0.528. The Morgan fingerprint density at radius 1 is 1.26 bits per heavy atom. The van der Waals surface area contributed by atoms with Crippen molar-refractivity contribution in [1.82, 2.24) is 4.90 Å². The first-order valence-electron chi connectivity index (χ1n) is 7.67. The second-order valence-electron chi connectivity index (χ2n) is 5.49. The molecule has 1 aromatic carbocycles. The van der Waals surface area contributed by atoms with Gasteiger partial charge in [0.2, 0.25) is 5.91 Å². The van der Waals surface area contributed by atoms with E-state index in [4.69, 9.17) is 14.2 Å². The van der Waals surface area contributed by atoms with Gasteiger partial charge in [0.15, 0.2) is 11.5 Å². The molecule has 2 rings (SSSR count). The van der Waals surface area contributed by atoms with E-state index in [9.17, 15) is 9.59 Å². The molecule has 0 radical (unpaired) electrons. The summed E-state index contributed by atoms with van der Waals surface area (Å²) in [7, 11) is 2.94. The Morgan fingerprint density at radius 3 is 2.57 bits per heavy atom. The minimum absolute atomic E-state index is 0.0631. The second kappa shape index (κ2) is 7.35. The number of hydrogen-bond donors (Lipinski definition) is 0. The van der Waals surface area contributed by atoms with E-state index in [1.165, 1.54) is 14.0 Å². The fraction of sp³-hybridized carbons (Fsp3) is 0.529. The van der Waals surface area contributed by atoms with Gasteiger partial charge in [-0.05, 0) is 31.0 Å². The smallest absolute Gasteiger partial charge is 0.328 e. The molecule has 1 saturated heterocycles. The summed E-state index contributed by atoms with van der Waals surface area (Å²) >= 11 is 0. The molecule has 0 N–H and O–H groups in total. The van der Waals surface area contributed by atoms with Crippen LogP contribution in [0.3, 0.4) is 0 Å². The average molecular weight is 321 g/mol. The number of hydrogen-bond acceptors (Lipinski definition) is 5. The van der Waals surface area contributed by atoms with Crippen molar-refractivity contribution in [2.75, 3.05) is 27.4 Å². The lowest BCUT2D eigenvalue weighted by Gasteiger charge is -2.20. The van der Waals surface area contributed by atoms with Crippen molar-refractivity contribution in [2.45, 2.75) is 32.2 Å². The maximum Gasteiger partial charge on any atom is 0.328 e. The fourth-order valence-electron chi connectivity index (χ4n) is 3.00. The first-order chi connectivity index (χ1) is 11.0. The number of nitrogens with zero attached hydrogens (tertiary/aromatic N) is 1. The van der Waals surface area contributed by atoms with Crippen LogP contribution in [0, 0.1) is 0 Å². The van der Waals surface area contributed by atoms with E-state index in [1.807, 2.05) is 25.1 Å². The molecule has 0 spiro atoms. The summed E-state index contributed by atoms with van der Waals surface area (Å²) in [6.07, 6.45) is 0.546. The van der Waals surface area contributed by atoms with Gasteiger partial charge in [0.05, 0.1) is 20.8 Å². The Balaban J connectivity index is 2.27. The van der Waals surface area contributed by atoms with Crippen LogP contribution in [0.4, 0.5) is 0 Å². The van der Waals surface area contributed by atoms with Crippen molar-refractivity contribution in [3.63, 3.8) is 0 Å². The highest BCUT2D eigenvalue weighted by Gasteiger charge is 2.39. The summed E-state index contributed by atoms with van der Waals surface area (Å²) in [5.74, 6) is 0.903. The molecule has 1 fully saturated rings. The molecule has 1 heterocycles. The quantitative estimate of drug-likeness (QED) is 0.776. The van der Waals surface area contributed by atoms with Crippen LogP contribution in [0.2, 0.25) is 0 Å². The number of likely N-dealkylation sites (tertiary alicyclic amines) is 1. The monoisotopic (exact) mass is 321 g/mol. The van der Waals surface area contributed by atoms with Gasteiger partial charge in [-0.3, -0.25) is 4.79 Å². The van der Waals surface area contributed by atoms with E-state index in [-0.39, 0.29) is 17.8 Å². The zero-order valence-electron chi connectivity index (χ0n) is 14.0. The van der Waals surface area contributed by atoms with E-state index in [1.54, 1.807) is 12.0 Å². The Labute approximate surface area is 136 Å². The predicted molar refractivity (Wildman–Crippen MR) is 84.7 cm³/mol. The topological polar surface area (TPSA) is 65.1 Å². The van der Waals surface area contributed by atoms with Crippen molar-refractivity contribution in [2.24, 2.45) is 0 Å². The van der Waals surface area contributed by atoms with Crippen LogP contribution >= 0.6 is 0 Å². The minimum Gasteiger partial charge on any atom is -0.493 e. The van der Waals surface area contributed by atoms with Crippen LogP contribution < -0.4 is 9.47 Å². The highest BCUT2D eigenvalue weighted by Crippen LogP contribution is 2.37. The largest absolute Gasteiger partial charge is 0.493 e. The third-order valence-electron chi connectivity index (χ3n) is 4.14. The van der Waals surface area contributed by atoms with Crippen molar-refractivity contribution < 1.29 is 23.8 Å². The lowest BCUT2D eigenvalue weighted by Crippen LogP contribution is -2.39. The molecule has 1 aliphatic rings. The van der Waals surface area contributed by atoms with Crippen LogP contribution in [0.5, 0.6) is 11.5 Å². The third-order valence-corrected chi connectivity index (χ3v) is 4.14.